The fourth-order valence-corrected chi connectivity index (χ4v) is 11.0. The Bertz CT molecular complexity index is 857. The highest BCUT2D eigenvalue weighted by Gasteiger charge is 2.72. The molecule has 32 heavy (non-hydrogen) atoms. The summed E-state index contributed by atoms with van der Waals surface area (Å²) >= 11 is 0. The standard InChI is InChI=1S/C30H48O2/c1-19-20(31)17-21(32)24-27(19,5)10-9-22-28(24,6)14-16-30(8)23-18-25(2,3)11-12-26(23,4)13-15-29(22,30)7/h19,22-24H,9-18H2,1-8H3/t19-,22-,23+,24-,26+,27+,28+,29+,30-/m0/s1. The lowest BCUT2D eigenvalue weighted by molar-refractivity contribution is -0.252. The van der Waals surface area contributed by atoms with E-state index in [-0.39, 0.29) is 40.7 Å². The molecule has 5 rings (SSSR count). The monoisotopic (exact) mass is 440 g/mol. The van der Waals surface area contributed by atoms with Gasteiger partial charge in [-0.05, 0) is 102 Å². The summed E-state index contributed by atoms with van der Waals surface area (Å²) in [5.74, 6) is 1.95. The molecule has 0 aromatic carbocycles. The zero-order valence-corrected chi connectivity index (χ0v) is 22.2. The molecule has 5 saturated carbocycles. The van der Waals surface area contributed by atoms with Gasteiger partial charge in [0.05, 0.1) is 6.42 Å². The molecule has 2 nitrogen and oxygen atoms in total. The van der Waals surface area contributed by atoms with Gasteiger partial charge < -0.3 is 0 Å². The molecule has 0 aliphatic heterocycles. The van der Waals surface area contributed by atoms with Gasteiger partial charge in [0.1, 0.15) is 11.6 Å². The lowest BCUT2D eigenvalue weighted by Gasteiger charge is -2.74. The quantitative estimate of drug-likeness (QED) is 0.363. The van der Waals surface area contributed by atoms with Crippen molar-refractivity contribution in [3.05, 3.63) is 0 Å². The van der Waals surface area contributed by atoms with Crippen LogP contribution in [0.25, 0.3) is 0 Å². The fourth-order valence-electron chi connectivity index (χ4n) is 11.0. The summed E-state index contributed by atoms with van der Waals surface area (Å²) in [5, 5.41) is 0. The molecule has 0 heterocycles. The first kappa shape index (κ1) is 23.1. The first-order chi connectivity index (χ1) is 14.6. The van der Waals surface area contributed by atoms with Crippen LogP contribution < -0.4 is 0 Å². The molecule has 0 radical (unpaired) electrons. The Kier molecular flexibility index (Phi) is 4.70. The van der Waals surface area contributed by atoms with Crippen LogP contribution >= 0.6 is 0 Å². The van der Waals surface area contributed by atoms with Gasteiger partial charge >= 0.3 is 0 Å². The van der Waals surface area contributed by atoms with E-state index in [9.17, 15) is 9.59 Å². The van der Waals surface area contributed by atoms with E-state index in [4.69, 9.17) is 0 Å². The summed E-state index contributed by atoms with van der Waals surface area (Å²) in [6.45, 7) is 19.8. The molecule has 5 aliphatic rings. The molecule has 0 amide bonds. The fraction of sp³-hybridized carbons (Fsp3) is 0.933. The first-order valence-electron chi connectivity index (χ1n) is 13.7. The summed E-state index contributed by atoms with van der Waals surface area (Å²) in [6, 6.07) is 0. The van der Waals surface area contributed by atoms with E-state index in [1.165, 1.54) is 51.4 Å². The highest BCUT2D eigenvalue weighted by atomic mass is 16.2. The second-order valence-electron chi connectivity index (χ2n) is 15.3. The molecule has 2 heteroatoms. The lowest BCUT2D eigenvalue weighted by Crippen LogP contribution is -2.69. The molecule has 5 aliphatic carbocycles. The smallest absolute Gasteiger partial charge is 0.144 e. The summed E-state index contributed by atoms with van der Waals surface area (Å²) < 4.78 is 0. The molecule has 9 atom stereocenters. The second kappa shape index (κ2) is 6.51. The maximum Gasteiger partial charge on any atom is 0.144 e. The summed E-state index contributed by atoms with van der Waals surface area (Å²) in [6.07, 6.45) is 11.7. The highest BCUT2D eigenvalue weighted by Crippen LogP contribution is 2.78. The number of ketones is 2. The van der Waals surface area contributed by atoms with E-state index in [2.05, 4.69) is 55.4 Å². The van der Waals surface area contributed by atoms with Crippen LogP contribution in [-0.4, -0.2) is 11.6 Å². The van der Waals surface area contributed by atoms with Gasteiger partial charge in [-0.25, -0.2) is 0 Å². The Hall–Kier alpha value is -0.660. The van der Waals surface area contributed by atoms with Crippen LogP contribution in [0.1, 0.15) is 120 Å². The van der Waals surface area contributed by atoms with Gasteiger partial charge in [-0.1, -0.05) is 55.4 Å². The molecule has 0 aromatic rings. The van der Waals surface area contributed by atoms with Crippen LogP contribution in [0.3, 0.4) is 0 Å². The van der Waals surface area contributed by atoms with Gasteiger partial charge in [0.25, 0.3) is 0 Å². The highest BCUT2D eigenvalue weighted by molar-refractivity contribution is 6.04. The minimum Gasteiger partial charge on any atom is -0.299 e. The third-order valence-electron chi connectivity index (χ3n) is 13.4. The van der Waals surface area contributed by atoms with Crippen LogP contribution in [0.5, 0.6) is 0 Å². The minimum absolute atomic E-state index is 0.0258. The molecule has 0 aromatic heterocycles. The van der Waals surface area contributed by atoms with Gasteiger partial charge in [0, 0.05) is 11.8 Å². The zero-order valence-electron chi connectivity index (χ0n) is 22.2. The average Bonchev–Trinajstić information content (AvgIpc) is 2.69. The van der Waals surface area contributed by atoms with Gasteiger partial charge in [-0.3, -0.25) is 9.59 Å². The van der Waals surface area contributed by atoms with Crippen molar-refractivity contribution in [1.29, 1.82) is 0 Å². The number of rotatable bonds is 0. The van der Waals surface area contributed by atoms with Gasteiger partial charge in [-0.2, -0.15) is 0 Å². The number of fused-ring (bicyclic) bond motifs is 7. The van der Waals surface area contributed by atoms with E-state index in [1.807, 2.05) is 0 Å². The minimum atomic E-state index is -0.141. The lowest BCUT2D eigenvalue weighted by atomic mass is 9.30. The third kappa shape index (κ3) is 2.65. The van der Waals surface area contributed by atoms with E-state index in [1.54, 1.807) is 0 Å². The molecule has 180 valence electrons. The number of Topliss-reactive ketones (excluding diaryl/α,β-unsaturated/α-hetero) is 2. The van der Waals surface area contributed by atoms with Crippen LogP contribution in [-0.2, 0) is 9.59 Å². The van der Waals surface area contributed by atoms with Crippen molar-refractivity contribution in [1.82, 2.24) is 0 Å². The zero-order chi connectivity index (χ0) is 23.5. The van der Waals surface area contributed by atoms with Crippen molar-refractivity contribution in [3.63, 3.8) is 0 Å². The van der Waals surface area contributed by atoms with E-state index in [0.717, 1.165) is 12.3 Å². The Morgan fingerprint density at radius 2 is 1.25 bits per heavy atom. The molecule has 5 fully saturated rings. The van der Waals surface area contributed by atoms with Gasteiger partial charge in [0.2, 0.25) is 0 Å². The van der Waals surface area contributed by atoms with Crippen LogP contribution in [0.15, 0.2) is 0 Å². The first-order valence-corrected chi connectivity index (χ1v) is 13.7. The van der Waals surface area contributed by atoms with E-state index >= 15 is 0 Å². The number of carbonyl (C=O) groups excluding carboxylic acids is 2. The Morgan fingerprint density at radius 3 is 1.94 bits per heavy atom. The third-order valence-corrected chi connectivity index (χ3v) is 13.4. The van der Waals surface area contributed by atoms with Gasteiger partial charge in [0.15, 0.2) is 0 Å². The van der Waals surface area contributed by atoms with Gasteiger partial charge in [-0.15, -0.1) is 0 Å². The van der Waals surface area contributed by atoms with Crippen molar-refractivity contribution in [2.45, 2.75) is 120 Å². The Labute approximate surface area is 197 Å². The van der Waals surface area contributed by atoms with Crippen LogP contribution in [0, 0.1) is 56.2 Å². The molecule has 0 unspecified atom stereocenters. The normalized spacial score (nSPS) is 57.1. The predicted octanol–water partition coefficient (Wildman–Crippen LogP) is 7.64. The van der Waals surface area contributed by atoms with Crippen LogP contribution in [0.4, 0.5) is 0 Å². The number of carbonyl (C=O) groups is 2. The van der Waals surface area contributed by atoms with Crippen molar-refractivity contribution in [3.8, 4) is 0 Å². The van der Waals surface area contributed by atoms with E-state index < -0.39 is 0 Å². The summed E-state index contributed by atoms with van der Waals surface area (Å²) in [4.78, 5) is 26.2. The SMILES string of the molecule is C[C@H]1C(=O)CC(=O)[C@H]2[C@]1(C)CC[C@H]1[C@@]2(C)CC[C@@]2(C)[C@@H]3CC(C)(C)CC[C@]3(C)CC[C@]12C. The molecular formula is C30H48O2. The predicted molar refractivity (Wildman–Crippen MR) is 130 cm³/mol. The molecule has 0 bridgehead atoms. The molecule has 0 saturated heterocycles. The summed E-state index contributed by atoms with van der Waals surface area (Å²) in [5.41, 5.74) is 1.50. The Morgan fingerprint density at radius 1 is 0.656 bits per heavy atom. The topological polar surface area (TPSA) is 34.1 Å². The summed E-state index contributed by atoms with van der Waals surface area (Å²) in [7, 11) is 0. The number of hydrogen-bond donors (Lipinski definition) is 0. The number of hydrogen-bond acceptors (Lipinski definition) is 2. The van der Waals surface area contributed by atoms with Crippen molar-refractivity contribution in [2.24, 2.45) is 56.2 Å². The maximum atomic E-state index is 13.5. The average molecular weight is 441 g/mol. The maximum absolute atomic E-state index is 13.5. The van der Waals surface area contributed by atoms with Crippen molar-refractivity contribution < 1.29 is 9.59 Å². The van der Waals surface area contributed by atoms with Crippen molar-refractivity contribution >= 4 is 11.6 Å². The molecular weight excluding hydrogens is 392 g/mol. The largest absolute Gasteiger partial charge is 0.299 e. The Balaban J connectivity index is 1.58. The van der Waals surface area contributed by atoms with Crippen LogP contribution in [0.2, 0.25) is 0 Å². The van der Waals surface area contributed by atoms with E-state index in [0.29, 0.717) is 27.6 Å². The van der Waals surface area contributed by atoms with Crippen molar-refractivity contribution in [2.75, 3.05) is 0 Å². The second-order valence-corrected chi connectivity index (χ2v) is 15.3. The molecule has 0 spiro atoms. The molecule has 0 N–H and O–H groups in total.